The summed E-state index contributed by atoms with van der Waals surface area (Å²) in [6.45, 7) is 2.86. The normalized spacial score (nSPS) is 25.7. The number of likely N-dealkylation sites (N-methyl/N-ethyl adjacent to an activating group) is 1. The average molecular weight is 676 g/mol. The average Bonchev–Trinajstić information content (AvgIpc) is 3.05. The summed E-state index contributed by atoms with van der Waals surface area (Å²) < 4.78 is 0. The Morgan fingerprint density at radius 3 is 2.28 bits per heavy atom. The summed E-state index contributed by atoms with van der Waals surface area (Å²) in [6.07, 6.45) is 17.9. The predicted molar refractivity (Wildman–Crippen MR) is 197 cm³/mol. The van der Waals surface area contributed by atoms with E-state index in [1.807, 2.05) is 36.6 Å². The van der Waals surface area contributed by atoms with Gasteiger partial charge in [0.2, 0.25) is 0 Å². The molecule has 1 atom stereocenters. The van der Waals surface area contributed by atoms with Crippen LogP contribution < -0.4 is 5.32 Å². The number of thiocarbonyl (C=S) groups is 1. The molecule has 0 aliphatic heterocycles. The number of aliphatic carboxylic acids is 1. The third-order valence-corrected chi connectivity index (χ3v) is 12.9. The van der Waals surface area contributed by atoms with E-state index < -0.39 is 12.0 Å². The molecule has 0 aromatic heterocycles. The van der Waals surface area contributed by atoms with E-state index in [1.165, 1.54) is 70.6 Å². The van der Waals surface area contributed by atoms with Gasteiger partial charge in [0.05, 0.1) is 0 Å². The Morgan fingerprint density at radius 1 is 1.00 bits per heavy atom. The Labute approximate surface area is 291 Å². The van der Waals surface area contributed by atoms with Crippen molar-refractivity contribution in [2.75, 3.05) is 25.6 Å². The van der Waals surface area contributed by atoms with Crippen molar-refractivity contribution < 1.29 is 14.7 Å². The van der Waals surface area contributed by atoms with Crippen LogP contribution in [0.2, 0.25) is 0 Å². The van der Waals surface area contributed by atoms with Gasteiger partial charge in [-0.2, -0.15) is 11.8 Å². The highest BCUT2D eigenvalue weighted by molar-refractivity contribution is 7.98. The quantitative estimate of drug-likeness (QED) is 0.221. The molecule has 8 heteroatoms. The van der Waals surface area contributed by atoms with Crippen molar-refractivity contribution >= 4 is 41.0 Å². The van der Waals surface area contributed by atoms with Crippen LogP contribution in [0.4, 0.5) is 0 Å². The van der Waals surface area contributed by atoms with Gasteiger partial charge >= 0.3 is 5.97 Å². The van der Waals surface area contributed by atoms with Crippen molar-refractivity contribution in [3.63, 3.8) is 0 Å². The van der Waals surface area contributed by atoms with E-state index in [2.05, 4.69) is 41.2 Å². The summed E-state index contributed by atoms with van der Waals surface area (Å²) in [5.74, 6) is 1.96. The molecule has 0 heterocycles. The summed E-state index contributed by atoms with van der Waals surface area (Å²) in [5.41, 5.74) is 4.81. The largest absolute Gasteiger partial charge is 0.480 e. The molecule has 0 unspecified atom stereocenters. The highest BCUT2D eigenvalue weighted by Gasteiger charge is 2.55. The number of thioether (sulfide) groups is 1. The fraction of sp³-hybridized carbons (Fsp3) is 0.615. The molecule has 6 nitrogen and oxygen atoms in total. The molecule has 254 valence electrons. The first-order valence-electron chi connectivity index (χ1n) is 17.9. The van der Waals surface area contributed by atoms with Crippen LogP contribution in [-0.2, 0) is 11.2 Å². The minimum absolute atomic E-state index is 0.249. The molecule has 47 heavy (non-hydrogen) atoms. The number of carboxylic acids is 1. The summed E-state index contributed by atoms with van der Waals surface area (Å²) in [4.78, 5) is 30.6. The van der Waals surface area contributed by atoms with Gasteiger partial charge in [-0.15, -0.1) is 0 Å². The fourth-order valence-electron chi connectivity index (χ4n) is 9.79. The van der Waals surface area contributed by atoms with Crippen LogP contribution in [0.1, 0.15) is 98.5 Å². The number of amides is 1. The molecule has 0 saturated heterocycles. The zero-order valence-corrected chi connectivity index (χ0v) is 30.1. The van der Waals surface area contributed by atoms with Gasteiger partial charge in [-0.3, -0.25) is 4.79 Å². The van der Waals surface area contributed by atoms with Gasteiger partial charge in [-0.05, 0) is 141 Å². The zero-order chi connectivity index (χ0) is 33.1. The molecule has 0 spiro atoms. The fourth-order valence-corrected chi connectivity index (χ4v) is 10.7. The van der Waals surface area contributed by atoms with E-state index in [1.54, 1.807) is 11.8 Å². The third-order valence-electron chi connectivity index (χ3n) is 11.7. The summed E-state index contributed by atoms with van der Waals surface area (Å²) in [7, 11) is 2.18. The maximum Gasteiger partial charge on any atom is 0.326 e. The van der Waals surface area contributed by atoms with Crippen LogP contribution >= 0.6 is 24.0 Å². The van der Waals surface area contributed by atoms with Crippen molar-refractivity contribution in [2.45, 2.75) is 108 Å². The first-order chi connectivity index (χ1) is 22.7. The standard InChI is InChI=1S/C39H53N3O3S2/c1-26-9-7-8-12-32(26)34-22-27(13-14-33(34)36(43)40-35(37(44)45)16-18-47-3)15-17-41(2)38(46)42(31-10-5-4-6-11-31)39-23-28-19-29(24-39)21-30(20-28)25-39/h7-9,12-14,22,28-31,35H,4-6,10-11,15-21,23-25H2,1-3H3,(H,40,43)(H,44,45)/t28?,29?,30?,35-,39?/m0/s1. The second-order valence-corrected chi connectivity index (χ2v) is 16.4. The first-order valence-corrected chi connectivity index (χ1v) is 19.7. The summed E-state index contributed by atoms with van der Waals surface area (Å²) >= 11 is 8.02. The number of benzene rings is 2. The molecule has 5 saturated carbocycles. The van der Waals surface area contributed by atoms with E-state index in [9.17, 15) is 14.7 Å². The number of rotatable bonds is 12. The second kappa shape index (κ2) is 14.9. The van der Waals surface area contributed by atoms with Gasteiger partial charge in [0.1, 0.15) is 6.04 Å². The van der Waals surface area contributed by atoms with E-state index in [0.29, 0.717) is 23.8 Å². The lowest BCUT2D eigenvalue weighted by Crippen LogP contribution is -2.66. The highest BCUT2D eigenvalue weighted by atomic mass is 32.2. The number of hydrogen-bond acceptors (Lipinski definition) is 4. The van der Waals surface area contributed by atoms with Crippen molar-refractivity contribution in [3.05, 3.63) is 59.2 Å². The molecule has 5 fully saturated rings. The Morgan fingerprint density at radius 2 is 1.66 bits per heavy atom. The lowest BCUT2D eigenvalue weighted by molar-refractivity contribution is -0.139. The second-order valence-electron chi connectivity index (χ2n) is 15.1. The molecule has 2 aromatic carbocycles. The van der Waals surface area contributed by atoms with Gasteiger partial charge in [0, 0.05) is 30.7 Å². The van der Waals surface area contributed by atoms with Crippen LogP contribution in [0.3, 0.4) is 0 Å². The Kier molecular flexibility index (Phi) is 10.9. The molecular formula is C39H53N3O3S2. The van der Waals surface area contributed by atoms with Crippen LogP contribution in [0.5, 0.6) is 0 Å². The van der Waals surface area contributed by atoms with Crippen molar-refractivity contribution in [3.8, 4) is 11.1 Å². The maximum atomic E-state index is 13.6. The molecule has 5 aliphatic rings. The van der Waals surface area contributed by atoms with Crippen LogP contribution in [-0.4, -0.2) is 75.1 Å². The van der Waals surface area contributed by atoms with Crippen LogP contribution in [0.25, 0.3) is 11.1 Å². The molecule has 0 radical (unpaired) electrons. The van der Waals surface area contributed by atoms with Gasteiger partial charge in [0.15, 0.2) is 5.11 Å². The number of hydrogen-bond donors (Lipinski definition) is 2. The summed E-state index contributed by atoms with van der Waals surface area (Å²) in [6, 6.07) is 13.8. The molecule has 1 amide bonds. The molecule has 2 aromatic rings. The molecule has 2 N–H and O–H groups in total. The number of aryl methyl sites for hydroxylation is 1. The number of nitrogens with zero attached hydrogens (tertiary/aromatic N) is 2. The smallest absolute Gasteiger partial charge is 0.326 e. The predicted octanol–water partition coefficient (Wildman–Crippen LogP) is 7.96. The van der Waals surface area contributed by atoms with E-state index in [-0.39, 0.29) is 11.4 Å². The number of nitrogens with one attached hydrogen (secondary N) is 1. The third kappa shape index (κ3) is 7.54. The first kappa shape index (κ1) is 34.3. The van der Waals surface area contributed by atoms with Crippen molar-refractivity contribution in [1.82, 2.24) is 15.1 Å². The van der Waals surface area contributed by atoms with Gasteiger partial charge < -0.3 is 20.2 Å². The Balaban J connectivity index is 1.22. The number of carboxylic acid groups (broad SMARTS) is 1. The minimum atomic E-state index is -1.00. The van der Waals surface area contributed by atoms with Crippen molar-refractivity contribution in [2.24, 2.45) is 17.8 Å². The Bertz CT molecular complexity index is 1420. The van der Waals surface area contributed by atoms with Gasteiger partial charge in [0.25, 0.3) is 5.91 Å². The lowest BCUT2D eigenvalue weighted by Gasteiger charge is -2.63. The van der Waals surface area contributed by atoms with Gasteiger partial charge in [-0.1, -0.05) is 55.7 Å². The maximum absolute atomic E-state index is 13.6. The number of carbonyl (C=O) groups excluding carboxylic acids is 1. The van der Waals surface area contributed by atoms with Crippen molar-refractivity contribution in [1.29, 1.82) is 0 Å². The molecule has 5 aliphatic carbocycles. The van der Waals surface area contributed by atoms with E-state index in [4.69, 9.17) is 12.2 Å². The van der Waals surface area contributed by atoms with Gasteiger partial charge in [-0.25, -0.2) is 4.79 Å². The topological polar surface area (TPSA) is 72.9 Å². The highest BCUT2D eigenvalue weighted by Crippen LogP contribution is 2.58. The van der Waals surface area contributed by atoms with E-state index >= 15 is 0 Å². The Hall–Kier alpha value is -2.58. The molecule has 7 rings (SSSR count). The van der Waals surface area contributed by atoms with Crippen LogP contribution in [0.15, 0.2) is 42.5 Å². The lowest BCUT2D eigenvalue weighted by atomic mass is 9.52. The van der Waals surface area contributed by atoms with E-state index in [0.717, 1.165) is 58.1 Å². The summed E-state index contributed by atoms with van der Waals surface area (Å²) in [5, 5.41) is 13.6. The van der Waals surface area contributed by atoms with Crippen LogP contribution in [0, 0.1) is 24.7 Å². The molecule has 4 bridgehead atoms. The SMILES string of the molecule is CSCC[C@H](NC(=O)c1ccc(CCN(C)C(=S)N(C2CCCCC2)C23CC4CC(CC(C4)C2)C3)cc1-c1ccccc1C)C(=O)O. The monoisotopic (exact) mass is 675 g/mol. The number of carbonyl (C=O) groups is 2. The minimum Gasteiger partial charge on any atom is -0.480 e. The molecular weight excluding hydrogens is 623 g/mol. The zero-order valence-electron chi connectivity index (χ0n) is 28.5.